The van der Waals surface area contributed by atoms with Gasteiger partial charge in [0.2, 0.25) is 10.0 Å². The number of halogens is 1. The van der Waals surface area contributed by atoms with Gasteiger partial charge in [0.15, 0.2) is 0 Å². The molecule has 1 N–H and O–H groups in total. The Kier molecular flexibility index (Phi) is 5.70. The molecule has 1 saturated heterocycles. The topological polar surface area (TPSA) is 49.4 Å². The van der Waals surface area contributed by atoms with E-state index in [-0.39, 0.29) is 11.2 Å². The molecule has 0 aliphatic carbocycles. The lowest BCUT2D eigenvalue weighted by Crippen LogP contribution is -2.43. The molecule has 0 unspecified atom stereocenters. The summed E-state index contributed by atoms with van der Waals surface area (Å²) in [5, 5.41) is 0. The summed E-state index contributed by atoms with van der Waals surface area (Å²) in [4.78, 5) is 2.28. The van der Waals surface area contributed by atoms with E-state index in [2.05, 4.69) is 23.6 Å². The van der Waals surface area contributed by atoms with Crippen LogP contribution >= 0.6 is 11.6 Å². The Labute approximate surface area is 110 Å². The maximum atomic E-state index is 11.7. The molecule has 0 aromatic heterocycles. The molecule has 0 bridgehead atoms. The zero-order valence-corrected chi connectivity index (χ0v) is 12.3. The molecular formula is C11H23ClN2O2S. The van der Waals surface area contributed by atoms with E-state index in [1.165, 1.54) is 0 Å². The number of nitrogens with zero attached hydrogens (tertiary/aromatic N) is 1. The van der Waals surface area contributed by atoms with Gasteiger partial charge in [-0.25, -0.2) is 13.1 Å². The van der Waals surface area contributed by atoms with Crippen molar-refractivity contribution in [1.29, 1.82) is 0 Å². The molecule has 0 saturated carbocycles. The first-order valence-corrected chi connectivity index (χ1v) is 8.27. The Bertz CT molecular complexity index is 324. The number of alkyl halides is 1. The van der Waals surface area contributed by atoms with Gasteiger partial charge in [-0.1, -0.05) is 6.92 Å². The van der Waals surface area contributed by atoms with Crippen LogP contribution in [0.15, 0.2) is 0 Å². The Hall–Kier alpha value is 0.160. The minimum absolute atomic E-state index is 0.0978. The second kappa shape index (κ2) is 6.36. The quantitative estimate of drug-likeness (QED) is 0.747. The third-order valence-electron chi connectivity index (χ3n) is 3.46. The van der Waals surface area contributed by atoms with Gasteiger partial charge in [-0.2, -0.15) is 0 Å². The minimum atomic E-state index is -3.14. The van der Waals surface area contributed by atoms with E-state index in [1.54, 1.807) is 0 Å². The van der Waals surface area contributed by atoms with Crippen LogP contribution in [0, 0.1) is 5.41 Å². The van der Waals surface area contributed by atoms with Crippen molar-refractivity contribution in [2.75, 3.05) is 38.3 Å². The van der Waals surface area contributed by atoms with Crippen molar-refractivity contribution in [3.8, 4) is 0 Å². The van der Waals surface area contributed by atoms with E-state index < -0.39 is 10.0 Å². The van der Waals surface area contributed by atoms with Crippen LogP contribution in [0.1, 0.15) is 26.2 Å². The summed E-state index contributed by atoms with van der Waals surface area (Å²) in [6.07, 6.45) is 2.60. The van der Waals surface area contributed by atoms with Crippen LogP contribution in [0.3, 0.4) is 0 Å². The van der Waals surface area contributed by atoms with Crippen LogP contribution in [-0.2, 0) is 10.0 Å². The van der Waals surface area contributed by atoms with Gasteiger partial charge in [0, 0.05) is 12.4 Å². The fraction of sp³-hybridized carbons (Fsp3) is 1.00. The summed E-state index contributed by atoms with van der Waals surface area (Å²) in [6.45, 7) is 4.79. The van der Waals surface area contributed by atoms with Crippen LogP contribution in [0.2, 0.25) is 0 Å². The molecule has 17 heavy (non-hydrogen) atoms. The molecule has 4 nitrogen and oxygen atoms in total. The first kappa shape index (κ1) is 15.2. The summed E-state index contributed by atoms with van der Waals surface area (Å²) < 4.78 is 26.0. The highest BCUT2D eigenvalue weighted by Crippen LogP contribution is 2.29. The first-order chi connectivity index (χ1) is 7.87. The molecule has 1 heterocycles. The van der Waals surface area contributed by atoms with Gasteiger partial charge in [0.25, 0.3) is 0 Å². The van der Waals surface area contributed by atoms with E-state index in [9.17, 15) is 8.42 Å². The smallest absolute Gasteiger partial charge is 0.211 e. The van der Waals surface area contributed by atoms with Crippen LogP contribution < -0.4 is 4.72 Å². The summed E-state index contributed by atoms with van der Waals surface area (Å²) in [5.41, 5.74) is 0.0978. The predicted molar refractivity (Wildman–Crippen MR) is 72.0 cm³/mol. The molecule has 1 fully saturated rings. The molecule has 102 valence electrons. The molecule has 0 radical (unpaired) electrons. The third-order valence-corrected chi connectivity index (χ3v) is 5.14. The van der Waals surface area contributed by atoms with Gasteiger partial charge in [-0.05, 0) is 44.8 Å². The van der Waals surface area contributed by atoms with Crippen molar-refractivity contribution >= 4 is 21.6 Å². The van der Waals surface area contributed by atoms with Crippen molar-refractivity contribution in [3.05, 3.63) is 0 Å². The van der Waals surface area contributed by atoms with Crippen LogP contribution in [0.25, 0.3) is 0 Å². The number of nitrogens with one attached hydrogen (secondary N) is 1. The van der Waals surface area contributed by atoms with Crippen LogP contribution in [0.4, 0.5) is 0 Å². The van der Waals surface area contributed by atoms with E-state index >= 15 is 0 Å². The van der Waals surface area contributed by atoms with E-state index in [1.807, 2.05) is 0 Å². The van der Waals surface area contributed by atoms with Gasteiger partial charge < -0.3 is 4.90 Å². The van der Waals surface area contributed by atoms with Crippen molar-refractivity contribution in [1.82, 2.24) is 9.62 Å². The maximum absolute atomic E-state index is 11.7. The summed E-state index contributed by atoms with van der Waals surface area (Å²) in [7, 11) is -1.04. The van der Waals surface area contributed by atoms with E-state index in [0.717, 1.165) is 25.9 Å². The predicted octanol–water partition coefficient (Wildman–Crippen LogP) is 1.27. The molecular weight excluding hydrogens is 260 g/mol. The molecule has 1 rings (SSSR count). The lowest BCUT2D eigenvalue weighted by Gasteiger charge is -2.37. The molecule has 0 spiro atoms. The Morgan fingerprint density at radius 2 is 1.94 bits per heavy atom. The first-order valence-electron chi connectivity index (χ1n) is 6.09. The normalized spacial score (nSPS) is 21.6. The number of sulfonamides is 1. The number of piperidine rings is 1. The average Bonchev–Trinajstić information content (AvgIpc) is 2.29. The highest BCUT2D eigenvalue weighted by molar-refractivity contribution is 7.89. The van der Waals surface area contributed by atoms with Crippen LogP contribution in [-0.4, -0.2) is 51.6 Å². The lowest BCUT2D eigenvalue weighted by molar-refractivity contribution is 0.143. The van der Waals surface area contributed by atoms with E-state index in [0.29, 0.717) is 18.8 Å². The van der Waals surface area contributed by atoms with Gasteiger partial charge in [-0.3, -0.25) is 0 Å². The highest BCUT2D eigenvalue weighted by atomic mass is 35.5. The van der Waals surface area contributed by atoms with Gasteiger partial charge in [0.05, 0.1) is 5.75 Å². The number of likely N-dealkylation sites (tertiary alicyclic amines) is 1. The average molecular weight is 283 g/mol. The Morgan fingerprint density at radius 1 is 1.35 bits per heavy atom. The monoisotopic (exact) mass is 282 g/mol. The molecule has 0 aromatic carbocycles. The Balaban J connectivity index is 2.39. The molecule has 0 atom stereocenters. The van der Waals surface area contributed by atoms with Crippen molar-refractivity contribution in [2.45, 2.75) is 26.2 Å². The highest BCUT2D eigenvalue weighted by Gasteiger charge is 2.29. The fourth-order valence-corrected chi connectivity index (χ4v) is 3.47. The fourth-order valence-electron chi connectivity index (χ4n) is 1.94. The SMILES string of the molecule is CN1CCC(C)(CNS(=O)(=O)CCCCl)CC1. The standard InChI is InChI=1S/C11H23ClN2O2S/c1-11(4-7-14(2)8-5-11)10-13-17(15,16)9-3-6-12/h13H,3-10H2,1-2H3. The number of hydrogen-bond acceptors (Lipinski definition) is 3. The Morgan fingerprint density at radius 3 is 2.47 bits per heavy atom. The maximum Gasteiger partial charge on any atom is 0.211 e. The van der Waals surface area contributed by atoms with Crippen molar-refractivity contribution in [2.24, 2.45) is 5.41 Å². The van der Waals surface area contributed by atoms with E-state index in [4.69, 9.17) is 11.6 Å². The minimum Gasteiger partial charge on any atom is -0.306 e. The molecule has 6 heteroatoms. The zero-order valence-electron chi connectivity index (χ0n) is 10.7. The molecule has 0 aromatic rings. The zero-order chi connectivity index (χ0) is 12.9. The van der Waals surface area contributed by atoms with Gasteiger partial charge >= 0.3 is 0 Å². The van der Waals surface area contributed by atoms with Crippen molar-refractivity contribution < 1.29 is 8.42 Å². The van der Waals surface area contributed by atoms with Crippen LogP contribution in [0.5, 0.6) is 0 Å². The van der Waals surface area contributed by atoms with Crippen molar-refractivity contribution in [3.63, 3.8) is 0 Å². The summed E-state index contributed by atoms with van der Waals surface area (Å²) in [6, 6.07) is 0. The third kappa shape index (κ3) is 5.55. The summed E-state index contributed by atoms with van der Waals surface area (Å²) >= 11 is 5.50. The molecule has 1 aliphatic heterocycles. The number of rotatable bonds is 6. The largest absolute Gasteiger partial charge is 0.306 e. The molecule has 0 amide bonds. The number of hydrogen-bond donors (Lipinski definition) is 1. The second-order valence-electron chi connectivity index (χ2n) is 5.30. The van der Waals surface area contributed by atoms with Gasteiger partial charge in [0.1, 0.15) is 0 Å². The van der Waals surface area contributed by atoms with Gasteiger partial charge in [-0.15, -0.1) is 11.6 Å². The second-order valence-corrected chi connectivity index (χ2v) is 7.60. The lowest BCUT2D eigenvalue weighted by atomic mass is 9.81. The molecule has 1 aliphatic rings. The summed E-state index contributed by atoms with van der Waals surface area (Å²) in [5.74, 6) is 0.523.